The summed E-state index contributed by atoms with van der Waals surface area (Å²) in [5.74, 6) is -7.27. The van der Waals surface area contributed by atoms with Gasteiger partial charge in [-0.25, -0.2) is 21.6 Å². The molecule has 2 aliphatic rings. The van der Waals surface area contributed by atoms with Crippen molar-refractivity contribution in [2.75, 3.05) is 13.1 Å². The highest BCUT2D eigenvalue weighted by Crippen LogP contribution is 2.57. The molecule has 0 bridgehead atoms. The summed E-state index contributed by atoms with van der Waals surface area (Å²) < 4.78 is 159. The molecule has 0 unspecified atom stereocenters. The van der Waals surface area contributed by atoms with Crippen molar-refractivity contribution < 1.29 is 67.4 Å². The van der Waals surface area contributed by atoms with Gasteiger partial charge in [-0.05, 0) is 54.8 Å². The molecule has 1 saturated heterocycles. The predicted molar refractivity (Wildman–Crippen MR) is 147 cm³/mol. The van der Waals surface area contributed by atoms with Crippen molar-refractivity contribution in [1.29, 1.82) is 0 Å². The molecule has 1 heterocycles. The molecule has 3 aromatic rings. The van der Waals surface area contributed by atoms with Crippen LogP contribution in [0.15, 0.2) is 71.6 Å². The number of alkyl halides is 6. The number of rotatable bonds is 9. The number of hydrogen-bond donors (Lipinski definition) is 1. The third-order valence-corrected chi connectivity index (χ3v) is 11.3. The van der Waals surface area contributed by atoms with Gasteiger partial charge in [0.05, 0.1) is 17.4 Å². The number of nitrogens with zero attached hydrogens (tertiary/aromatic N) is 1. The average Bonchev–Trinajstić information content (AvgIpc) is 2.92. The predicted octanol–water partition coefficient (Wildman–Crippen LogP) is 6.26. The molecule has 1 N–H and O–H groups in total. The Morgan fingerprint density at radius 1 is 0.812 bits per heavy atom. The third kappa shape index (κ3) is 5.69. The topological polar surface area (TPSA) is 101 Å². The van der Waals surface area contributed by atoms with Crippen LogP contribution in [0.1, 0.15) is 29.5 Å². The van der Waals surface area contributed by atoms with E-state index in [1.807, 2.05) is 0 Å². The second-order valence-corrected chi connectivity index (χ2v) is 13.8. The molecule has 48 heavy (non-hydrogen) atoms. The Morgan fingerprint density at radius 3 is 1.81 bits per heavy atom. The summed E-state index contributed by atoms with van der Waals surface area (Å²) in [6.07, 6.45) is -13.4. The Balaban J connectivity index is 1.54. The minimum absolute atomic E-state index is 0.134. The first-order valence-corrected chi connectivity index (χ1v) is 15.6. The summed E-state index contributed by atoms with van der Waals surface area (Å²) in [6.45, 7) is -2.05. The van der Waals surface area contributed by atoms with Gasteiger partial charge in [-0.1, -0.05) is 30.3 Å². The minimum atomic E-state index is -6.24. The maximum Gasteiger partial charge on any atom is 0.430 e. The Hall–Kier alpha value is -4.12. The van der Waals surface area contributed by atoms with E-state index in [0.29, 0.717) is 36.4 Å². The Bertz CT molecular complexity index is 1780. The summed E-state index contributed by atoms with van der Waals surface area (Å²) >= 11 is 0. The molecule has 3 aromatic carbocycles. The number of sulfone groups is 1. The Morgan fingerprint density at radius 2 is 1.33 bits per heavy atom. The molecule has 0 spiro atoms. The van der Waals surface area contributed by atoms with E-state index in [1.165, 1.54) is 4.90 Å². The van der Waals surface area contributed by atoms with E-state index in [-0.39, 0.29) is 18.7 Å². The van der Waals surface area contributed by atoms with Gasteiger partial charge in [0.25, 0.3) is 5.60 Å². The largest absolute Gasteiger partial charge is 0.481 e. The fourth-order valence-electron chi connectivity index (χ4n) is 6.03. The number of hydrogen-bond acceptors (Lipinski definition) is 5. The lowest BCUT2D eigenvalue weighted by molar-refractivity contribution is -0.392. The first-order valence-electron chi connectivity index (χ1n) is 14.1. The van der Waals surface area contributed by atoms with Crippen molar-refractivity contribution in [3.63, 3.8) is 0 Å². The van der Waals surface area contributed by atoms with Gasteiger partial charge < -0.3 is 14.7 Å². The number of halogens is 9. The van der Waals surface area contributed by atoms with Gasteiger partial charge >= 0.3 is 18.3 Å². The Kier molecular flexibility index (Phi) is 8.86. The molecular formula is C31H24F9NO6S. The normalized spacial score (nSPS) is 20.6. The van der Waals surface area contributed by atoms with Crippen LogP contribution in [0.3, 0.4) is 0 Å². The SMILES string of the molecule is O=C(O)C1CN(C(=O)C2CC(c3ccc(C(OCc4c(F)cccc4F)(C(F)(F)F)C(F)(F)F)cc3)(S(=O)(=O)c3ccc(F)cc3)C2)C1. The van der Waals surface area contributed by atoms with E-state index in [9.17, 15) is 57.5 Å². The van der Waals surface area contributed by atoms with Crippen LogP contribution in [0.5, 0.6) is 0 Å². The van der Waals surface area contributed by atoms with Crippen LogP contribution in [-0.4, -0.2) is 55.7 Å². The number of carboxylic acids is 1. The van der Waals surface area contributed by atoms with Crippen LogP contribution >= 0.6 is 0 Å². The van der Waals surface area contributed by atoms with Crippen molar-refractivity contribution in [3.05, 3.63) is 101 Å². The molecule has 1 aliphatic carbocycles. The maximum atomic E-state index is 14.4. The highest BCUT2D eigenvalue weighted by Gasteiger charge is 2.73. The lowest BCUT2D eigenvalue weighted by Gasteiger charge is -2.49. The number of amides is 1. The van der Waals surface area contributed by atoms with Gasteiger partial charge in [0, 0.05) is 30.1 Å². The molecule has 0 atom stereocenters. The molecule has 1 saturated carbocycles. The van der Waals surface area contributed by atoms with E-state index in [4.69, 9.17) is 5.11 Å². The van der Waals surface area contributed by atoms with E-state index < -0.39 is 109 Å². The van der Waals surface area contributed by atoms with Crippen molar-refractivity contribution in [1.82, 2.24) is 4.90 Å². The number of ether oxygens (including phenoxy) is 1. The molecular weight excluding hydrogens is 685 g/mol. The number of carbonyl (C=O) groups is 2. The van der Waals surface area contributed by atoms with Crippen LogP contribution in [0.2, 0.25) is 0 Å². The number of likely N-dealkylation sites (tertiary alicyclic amines) is 1. The first kappa shape index (κ1) is 35.2. The minimum Gasteiger partial charge on any atom is -0.481 e. The van der Waals surface area contributed by atoms with Gasteiger partial charge in [-0.3, -0.25) is 9.59 Å². The van der Waals surface area contributed by atoms with Crippen molar-refractivity contribution in [2.45, 2.75) is 47.0 Å². The molecule has 2 fully saturated rings. The van der Waals surface area contributed by atoms with Crippen LogP contribution < -0.4 is 0 Å². The first-order chi connectivity index (χ1) is 22.2. The third-order valence-electron chi connectivity index (χ3n) is 8.79. The summed E-state index contributed by atoms with van der Waals surface area (Å²) in [5.41, 5.74) is -8.19. The van der Waals surface area contributed by atoms with E-state index in [0.717, 1.165) is 30.3 Å². The van der Waals surface area contributed by atoms with E-state index in [2.05, 4.69) is 4.74 Å². The van der Waals surface area contributed by atoms with E-state index in [1.54, 1.807) is 0 Å². The highest BCUT2D eigenvalue weighted by atomic mass is 32.2. The molecule has 7 nitrogen and oxygen atoms in total. The van der Waals surface area contributed by atoms with Gasteiger partial charge in [-0.15, -0.1) is 0 Å². The monoisotopic (exact) mass is 709 g/mol. The molecule has 1 aliphatic heterocycles. The Labute approximate surface area is 266 Å². The molecule has 1 amide bonds. The summed E-state index contributed by atoms with van der Waals surface area (Å²) in [5, 5.41) is 9.10. The summed E-state index contributed by atoms with van der Waals surface area (Å²) in [6, 6.07) is 7.61. The van der Waals surface area contributed by atoms with E-state index >= 15 is 0 Å². The average molecular weight is 710 g/mol. The molecule has 0 aromatic heterocycles. The summed E-state index contributed by atoms with van der Waals surface area (Å²) in [7, 11) is -4.59. The van der Waals surface area contributed by atoms with Gasteiger partial charge in [-0.2, -0.15) is 26.3 Å². The van der Waals surface area contributed by atoms with Crippen molar-refractivity contribution in [2.24, 2.45) is 11.8 Å². The number of aliphatic carboxylic acids is 1. The fraction of sp³-hybridized carbons (Fsp3) is 0.355. The van der Waals surface area contributed by atoms with Gasteiger partial charge in [0.1, 0.15) is 22.2 Å². The second kappa shape index (κ2) is 12.1. The lowest BCUT2D eigenvalue weighted by atomic mass is 9.69. The summed E-state index contributed by atoms with van der Waals surface area (Å²) in [4.78, 5) is 24.9. The fourth-order valence-corrected chi connectivity index (χ4v) is 8.26. The molecule has 17 heteroatoms. The zero-order chi connectivity index (χ0) is 35.4. The van der Waals surface area contributed by atoms with Gasteiger partial charge in [0.2, 0.25) is 5.91 Å². The molecule has 0 radical (unpaired) electrons. The number of carboxylic acid groups (broad SMARTS) is 1. The molecule has 258 valence electrons. The van der Waals surface area contributed by atoms with Crippen molar-refractivity contribution in [3.8, 4) is 0 Å². The van der Waals surface area contributed by atoms with Crippen molar-refractivity contribution >= 4 is 21.7 Å². The van der Waals surface area contributed by atoms with Crippen LogP contribution in [0, 0.1) is 29.3 Å². The number of carbonyl (C=O) groups excluding carboxylic acids is 1. The molecule has 5 rings (SSSR count). The quantitative estimate of drug-likeness (QED) is 0.208. The lowest BCUT2D eigenvalue weighted by Crippen LogP contribution is -2.59. The number of benzene rings is 3. The zero-order valence-electron chi connectivity index (χ0n) is 24.3. The smallest absolute Gasteiger partial charge is 0.430 e. The van der Waals surface area contributed by atoms with Crippen LogP contribution in [-0.2, 0) is 41.1 Å². The van der Waals surface area contributed by atoms with Gasteiger partial charge in [0.15, 0.2) is 9.84 Å². The maximum absolute atomic E-state index is 14.4. The van der Waals surface area contributed by atoms with Crippen LogP contribution in [0.25, 0.3) is 0 Å². The highest BCUT2D eigenvalue weighted by molar-refractivity contribution is 7.92. The standard InChI is InChI=1S/C31H24F9NO6S/c32-21-8-10-22(11-9-21)48(45,46)28(12-17(13-28)26(42)41-14-18(15-41)27(43)44)19-4-6-20(7-5-19)29(30(35,36)37,31(38,39)40)47-16-23-24(33)2-1-3-25(23)34/h1-11,17-18H,12-16H2,(H,43,44). The zero-order valence-corrected chi connectivity index (χ0v) is 25.1. The van der Waals surface area contributed by atoms with Crippen LogP contribution in [0.4, 0.5) is 39.5 Å². The second-order valence-electron chi connectivity index (χ2n) is 11.6.